The molecule has 0 saturated heterocycles. The summed E-state index contributed by atoms with van der Waals surface area (Å²) < 4.78 is 1.49. The molecule has 21 heavy (non-hydrogen) atoms. The first-order valence-electron chi connectivity index (χ1n) is 6.34. The van der Waals surface area contributed by atoms with Crippen molar-refractivity contribution < 1.29 is 17.1 Å². The minimum Gasteiger partial charge on any atom is -0.307 e. The van der Waals surface area contributed by atoms with Crippen LogP contribution in [0.5, 0.6) is 0 Å². The fourth-order valence-corrected chi connectivity index (χ4v) is 1.77. The van der Waals surface area contributed by atoms with Gasteiger partial charge in [-0.25, -0.2) is 29.1 Å². The van der Waals surface area contributed by atoms with Crippen LogP contribution in [0, 0.1) is 6.92 Å². The quantitative estimate of drug-likeness (QED) is 0.579. The number of nitrogens with zero attached hydrogens (tertiary/aromatic N) is 1. The summed E-state index contributed by atoms with van der Waals surface area (Å²) in [4.78, 5) is 24.8. The summed E-state index contributed by atoms with van der Waals surface area (Å²) in [6.07, 6.45) is 1.58. The van der Waals surface area contributed by atoms with Crippen molar-refractivity contribution in [1.29, 1.82) is 0 Å². The number of hydrogen-bond acceptors (Lipinski definition) is 2. The zero-order valence-corrected chi connectivity index (χ0v) is 12.7. The fourth-order valence-electron chi connectivity index (χ4n) is 1.77. The molecule has 0 radical (unpaired) electrons. The zero-order chi connectivity index (χ0) is 14.4. The van der Waals surface area contributed by atoms with Crippen LogP contribution < -0.4 is 11.2 Å². The minimum absolute atomic E-state index is 0. The number of hydrogen-bond donors (Lipinski definition) is 1. The molecule has 0 aliphatic carbocycles. The Morgan fingerprint density at radius 1 is 1.14 bits per heavy atom. The Labute approximate surface area is 133 Å². The van der Waals surface area contributed by atoms with Crippen molar-refractivity contribution in [3.63, 3.8) is 0 Å². The monoisotopic (exact) mass is 324 g/mol. The van der Waals surface area contributed by atoms with Crippen molar-refractivity contribution in [3.8, 4) is 0 Å². The molecule has 0 amide bonds. The summed E-state index contributed by atoms with van der Waals surface area (Å²) in [5.41, 5.74) is 0.898. The van der Waals surface area contributed by atoms with Gasteiger partial charge in [0.1, 0.15) is 0 Å². The van der Waals surface area contributed by atoms with Crippen molar-refractivity contribution in [2.75, 3.05) is 0 Å². The first kappa shape index (κ1) is 17.0. The molecule has 2 aromatic carbocycles. The fraction of sp³-hybridized carbons (Fsp3) is 0.125. The predicted octanol–water partition coefficient (Wildman–Crippen LogP) is 2.02. The number of rotatable bonds is 2. The van der Waals surface area contributed by atoms with Crippen LogP contribution in [0.25, 0.3) is 0 Å². The van der Waals surface area contributed by atoms with Crippen molar-refractivity contribution in [2.24, 2.45) is 0 Å². The molecule has 0 saturated carbocycles. The van der Waals surface area contributed by atoms with E-state index >= 15 is 0 Å². The third-order valence-electron chi connectivity index (χ3n) is 2.83. The minimum atomic E-state index is -0.369. The van der Waals surface area contributed by atoms with E-state index in [2.05, 4.69) is 4.98 Å². The molecule has 0 fully saturated rings. The summed E-state index contributed by atoms with van der Waals surface area (Å²) in [5, 5.41) is 0. The van der Waals surface area contributed by atoms with Crippen molar-refractivity contribution in [3.05, 3.63) is 92.8 Å². The first-order valence-corrected chi connectivity index (χ1v) is 6.34. The van der Waals surface area contributed by atoms with E-state index in [9.17, 15) is 9.59 Å². The molecule has 5 heteroatoms. The van der Waals surface area contributed by atoms with Gasteiger partial charge in [-0.3, -0.25) is 9.78 Å². The van der Waals surface area contributed by atoms with Crippen molar-refractivity contribution in [2.45, 2.75) is 13.5 Å². The molecule has 0 spiro atoms. The molecule has 110 valence electrons. The molecule has 0 aliphatic heterocycles. The molecule has 1 heterocycles. The maximum absolute atomic E-state index is 11.4. The van der Waals surface area contributed by atoms with Crippen LogP contribution in [0.1, 0.15) is 11.1 Å². The first-order chi connectivity index (χ1) is 9.66. The molecule has 0 atom stereocenters. The summed E-state index contributed by atoms with van der Waals surface area (Å²) in [5.74, 6) is 0. The Bertz CT molecular complexity index is 720. The Balaban J connectivity index is 0.000000313. The van der Waals surface area contributed by atoms with E-state index in [4.69, 9.17) is 0 Å². The van der Waals surface area contributed by atoms with Gasteiger partial charge in [-0.1, -0.05) is 0 Å². The SMILES string of the molecule is Cc1cn(C[c-]2cccc2)c(=O)[nH]c1=O.[Fe+2].c1cc[cH-]c1. The van der Waals surface area contributed by atoms with E-state index in [-0.39, 0.29) is 28.3 Å². The van der Waals surface area contributed by atoms with Gasteiger partial charge in [-0.05, 0) is 6.92 Å². The smallest absolute Gasteiger partial charge is 0.307 e. The average Bonchev–Trinajstić information content (AvgIpc) is 3.12. The second-order valence-corrected chi connectivity index (χ2v) is 4.45. The summed E-state index contributed by atoms with van der Waals surface area (Å²) in [6.45, 7) is 2.17. The Hall–Kier alpha value is -2.10. The van der Waals surface area contributed by atoms with E-state index in [0.29, 0.717) is 12.1 Å². The Morgan fingerprint density at radius 3 is 2.29 bits per heavy atom. The van der Waals surface area contributed by atoms with Crippen LogP contribution in [-0.4, -0.2) is 9.55 Å². The second kappa shape index (κ2) is 8.25. The molecule has 4 nitrogen and oxygen atoms in total. The maximum atomic E-state index is 11.4. The molecule has 3 rings (SSSR count). The summed E-state index contributed by atoms with van der Waals surface area (Å²) >= 11 is 0. The van der Waals surface area contributed by atoms with Crippen LogP contribution >= 0.6 is 0 Å². The molecule has 0 bridgehead atoms. The number of H-pyrrole nitrogens is 1. The topological polar surface area (TPSA) is 54.9 Å². The zero-order valence-electron chi connectivity index (χ0n) is 11.6. The molecule has 0 aliphatic rings. The number of nitrogens with one attached hydrogen (secondary N) is 1. The summed E-state index contributed by atoms with van der Waals surface area (Å²) in [7, 11) is 0. The molecular weight excluding hydrogens is 308 g/mol. The predicted molar refractivity (Wildman–Crippen MR) is 79.2 cm³/mol. The Kier molecular flexibility index (Phi) is 6.66. The van der Waals surface area contributed by atoms with Gasteiger partial charge >= 0.3 is 22.8 Å². The number of aryl methyl sites for hydroxylation is 1. The molecule has 1 aromatic heterocycles. The van der Waals surface area contributed by atoms with Gasteiger partial charge < -0.3 is 4.57 Å². The third-order valence-corrected chi connectivity index (χ3v) is 2.83. The maximum Gasteiger partial charge on any atom is 2.00 e. The van der Waals surface area contributed by atoms with Gasteiger partial charge in [0.15, 0.2) is 0 Å². The van der Waals surface area contributed by atoms with Gasteiger partial charge in [0.2, 0.25) is 0 Å². The van der Waals surface area contributed by atoms with Crippen LogP contribution in [0.15, 0.2) is 70.4 Å². The van der Waals surface area contributed by atoms with Crippen molar-refractivity contribution in [1.82, 2.24) is 9.55 Å². The third kappa shape index (κ3) is 5.06. The van der Waals surface area contributed by atoms with E-state index in [1.165, 1.54) is 4.57 Å². The van der Waals surface area contributed by atoms with E-state index in [1.807, 2.05) is 54.6 Å². The van der Waals surface area contributed by atoms with Gasteiger partial charge in [-0.15, -0.1) is 5.56 Å². The van der Waals surface area contributed by atoms with E-state index in [1.54, 1.807) is 13.1 Å². The van der Waals surface area contributed by atoms with Crippen molar-refractivity contribution >= 4 is 0 Å². The largest absolute Gasteiger partial charge is 2.00 e. The second-order valence-electron chi connectivity index (χ2n) is 4.45. The van der Waals surface area contributed by atoms with Crippen LogP contribution in [0.3, 0.4) is 0 Å². The molecule has 0 unspecified atom stereocenters. The summed E-state index contributed by atoms with van der Waals surface area (Å²) in [6, 6.07) is 17.7. The standard InChI is InChI=1S/C11H11N2O2.C5H5.Fe/c1-8-6-13(11(15)12-10(8)14)7-9-4-2-3-5-9;1-2-4-5-3-1;/h2-6H,7H2,1H3,(H,12,14,15);1-5H;/q2*-1;+2. The van der Waals surface area contributed by atoms with Gasteiger partial charge in [0.05, 0.1) is 0 Å². The number of aromatic amines is 1. The van der Waals surface area contributed by atoms with Gasteiger partial charge in [-0.2, -0.15) is 30.3 Å². The van der Waals surface area contributed by atoms with Crippen LogP contribution in [-0.2, 0) is 23.6 Å². The van der Waals surface area contributed by atoms with E-state index in [0.717, 1.165) is 5.56 Å². The molecule has 1 N–H and O–H groups in total. The van der Waals surface area contributed by atoms with Gasteiger partial charge in [0.25, 0.3) is 5.56 Å². The molecular formula is C16H16FeN2O2. The van der Waals surface area contributed by atoms with E-state index < -0.39 is 0 Å². The number of aromatic nitrogens is 2. The Morgan fingerprint density at radius 2 is 1.76 bits per heavy atom. The molecule has 3 aromatic rings. The van der Waals surface area contributed by atoms with Crippen LogP contribution in [0.2, 0.25) is 0 Å². The van der Waals surface area contributed by atoms with Crippen LogP contribution in [0.4, 0.5) is 0 Å². The average molecular weight is 324 g/mol. The normalized spacial score (nSPS) is 9.38. The van der Waals surface area contributed by atoms with Gasteiger partial charge in [0, 0.05) is 18.3 Å².